The Balaban J connectivity index is 0.000000357. The largest absolute Gasteiger partial charge is 0.490 e. The van der Waals surface area contributed by atoms with Gasteiger partial charge in [0.05, 0.1) is 5.01 Å². The predicted octanol–water partition coefficient (Wildman–Crippen LogP) is 3.66. The van der Waals surface area contributed by atoms with Gasteiger partial charge in [0.1, 0.15) is 12.4 Å². The molecule has 0 bridgehead atoms. The number of hydrogen-bond donors (Lipinski definition) is 6. The molecule has 47 heavy (non-hydrogen) atoms. The highest BCUT2D eigenvalue weighted by atomic mass is 32.1. The van der Waals surface area contributed by atoms with Crippen LogP contribution in [0.3, 0.4) is 0 Å². The Morgan fingerprint density at radius 1 is 0.936 bits per heavy atom. The number of amides is 2. The molecule has 0 spiro atoms. The molecule has 13 nitrogen and oxygen atoms in total. The van der Waals surface area contributed by atoms with E-state index in [2.05, 4.69) is 10.3 Å². The first-order chi connectivity index (χ1) is 21.7. The van der Waals surface area contributed by atoms with Gasteiger partial charge in [0, 0.05) is 35.3 Å². The van der Waals surface area contributed by atoms with Crippen molar-refractivity contribution >= 4 is 52.6 Å². The van der Waals surface area contributed by atoms with Crippen LogP contribution in [0.15, 0.2) is 47.8 Å². The van der Waals surface area contributed by atoms with Gasteiger partial charge in [-0.2, -0.15) is 26.3 Å². The van der Waals surface area contributed by atoms with Crippen LogP contribution in [-0.2, 0) is 27.3 Å². The van der Waals surface area contributed by atoms with E-state index < -0.39 is 42.7 Å². The van der Waals surface area contributed by atoms with Crippen LogP contribution in [-0.4, -0.2) is 75.5 Å². The number of anilines is 2. The normalized spacial score (nSPS) is 11.5. The Hall–Kier alpha value is -5.24. The molecule has 0 saturated carbocycles. The molecule has 0 saturated heterocycles. The molecule has 1 aromatic heterocycles. The highest BCUT2D eigenvalue weighted by molar-refractivity contribution is 7.09. The standard InChI is InChI=1S/C14H15N3O3S.C9H10N2O.2C2HF3O2/c1-9-16-12(8-21-9)17(7-13(18)19)14(20)11-4-2-3-10(5-11)6-15;10-9(12)7-2-1-6-3-4-11-8(6)5-7;2*3-2(4,5)1(6)7/h2-5,8H,6-7,15H2,1H3,(H,18,19);1-2,5,11H,3-4H2,(H2,10,12);2*(H,6,7). The number of alkyl halides is 6. The van der Waals surface area contributed by atoms with Crippen molar-refractivity contribution in [2.75, 3.05) is 23.3 Å². The fourth-order valence-corrected chi connectivity index (χ4v) is 3.90. The summed E-state index contributed by atoms with van der Waals surface area (Å²) in [6.07, 6.45) is -9.13. The molecule has 2 amide bonds. The minimum Gasteiger partial charge on any atom is -0.480 e. The van der Waals surface area contributed by atoms with E-state index in [4.69, 9.17) is 36.4 Å². The van der Waals surface area contributed by atoms with Gasteiger partial charge >= 0.3 is 30.3 Å². The smallest absolute Gasteiger partial charge is 0.480 e. The number of hydrogen-bond acceptors (Lipinski definition) is 9. The minimum atomic E-state index is -5.08. The van der Waals surface area contributed by atoms with Gasteiger partial charge in [-0.25, -0.2) is 14.6 Å². The molecular formula is C27H27F6N5O8S. The van der Waals surface area contributed by atoms with Gasteiger partial charge in [0.25, 0.3) is 5.91 Å². The lowest BCUT2D eigenvalue weighted by Crippen LogP contribution is -2.36. The Bertz CT molecular complexity index is 1560. The molecule has 2 heterocycles. The number of fused-ring (bicyclic) bond motifs is 1. The van der Waals surface area contributed by atoms with E-state index in [1.165, 1.54) is 16.9 Å². The van der Waals surface area contributed by atoms with E-state index in [9.17, 15) is 40.7 Å². The number of halogens is 6. The van der Waals surface area contributed by atoms with Gasteiger partial charge in [-0.05, 0) is 48.7 Å². The third-order valence-electron chi connectivity index (χ3n) is 5.42. The summed E-state index contributed by atoms with van der Waals surface area (Å²) in [7, 11) is 0. The van der Waals surface area contributed by atoms with E-state index in [0.717, 1.165) is 34.1 Å². The number of carbonyl (C=O) groups excluding carboxylic acids is 2. The molecule has 0 atom stereocenters. The number of carboxylic acids is 3. The van der Waals surface area contributed by atoms with Crippen molar-refractivity contribution in [3.8, 4) is 0 Å². The van der Waals surface area contributed by atoms with Crippen LogP contribution in [0.4, 0.5) is 37.8 Å². The summed E-state index contributed by atoms with van der Waals surface area (Å²) in [6.45, 7) is 2.63. The number of nitrogens with zero attached hydrogens (tertiary/aromatic N) is 2. The molecule has 0 unspecified atom stereocenters. The van der Waals surface area contributed by atoms with Gasteiger partial charge < -0.3 is 32.1 Å². The second-order valence-electron chi connectivity index (χ2n) is 8.93. The summed E-state index contributed by atoms with van der Waals surface area (Å²) >= 11 is 1.36. The van der Waals surface area contributed by atoms with Crippen molar-refractivity contribution < 1.29 is 65.6 Å². The number of carbonyl (C=O) groups is 5. The van der Waals surface area contributed by atoms with Crippen LogP contribution in [0.2, 0.25) is 0 Å². The SMILES string of the molecule is Cc1nc(N(CC(=O)O)C(=O)c2cccc(CN)c2)cs1.NC(=O)c1ccc2c(c1)NCC2.O=C(O)C(F)(F)F.O=C(O)C(F)(F)F. The molecule has 1 aliphatic heterocycles. The summed E-state index contributed by atoms with van der Waals surface area (Å²) < 4.78 is 63.5. The second-order valence-corrected chi connectivity index (χ2v) is 10.00. The Labute approximate surface area is 265 Å². The molecular weight excluding hydrogens is 668 g/mol. The lowest BCUT2D eigenvalue weighted by molar-refractivity contribution is -0.193. The molecule has 0 radical (unpaired) electrons. The van der Waals surface area contributed by atoms with E-state index in [1.807, 2.05) is 18.2 Å². The second kappa shape index (κ2) is 17.5. The fourth-order valence-electron chi connectivity index (χ4n) is 3.30. The molecule has 2 aromatic carbocycles. The number of benzene rings is 2. The third-order valence-corrected chi connectivity index (χ3v) is 6.18. The molecule has 0 fully saturated rings. The summed E-state index contributed by atoms with van der Waals surface area (Å²) in [5, 5.41) is 28.9. The lowest BCUT2D eigenvalue weighted by atomic mass is 10.1. The number of thiazole rings is 1. The van der Waals surface area contributed by atoms with E-state index in [-0.39, 0.29) is 5.91 Å². The summed E-state index contributed by atoms with van der Waals surface area (Å²) in [4.78, 5) is 57.5. The number of carboxylic acid groups (broad SMARTS) is 3. The number of aliphatic carboxylic acids is 3. The fraction of sp³-hybridized carbons (Fsp3) is 0.259. The first kappa shape index (κ1) is 39.8. The maximum absolute atomic E-state index is 12.5. The summed E-state index contributed by atoms with van der Waals surface area (Å²) in [5.41, 5.74) is 14.8. The summed E-state index contributed by atoms with van der Waals surface area (Å²) in [5.74, 6) is -7.03. The highest BCUT2D eigenvalue weighted by Crippen LogP contribution is 2.23. The number of aromatic nitrogens is 1. The van der Waals surface area contributed by atoms with Crippen LogP contribution >= 0.6 is 11.3 Å². The molecule has 4 rings (SSSR count). The van der Waals surface area contributed by atoms with Crippen molar-refractivity contribution in [1.82, 2.24) is 4.98 Å². The van der Waals surface area contributed by atoms with Crippen LogP contribution in [0.25, 0.3) is 0 Å². The average Bonchev–Trinajstić information content (AvgIpc) is 3.64. The maximum Gasteiger partial charge on any atom is 0.490 e. The number of rotatable bonds is 6. The lowest BCUT2D eigenvalue weighted by Gasteiger charge is -2.18. The third kappa shape index (κ3) is 13.7. The van der Waals surface area contributed by atoms with Crippen molar-refractivity contribution in [2.24, 2.45) is 11.5 Å². The highest BCUT2D eigenvalue weighted by Gasteiger charge is 2.38. The van der Waals surface area contributed by atoms with E-state index in [0.29, 0.717) is 23.5 Å². The van der Waals surface area contributed by atoms with E-state index in [1.54, 1.807) is 36.6 Å². The van der Waals surface area contributed by atoms with E-state index >= 15 is 0 Å². The molecule has 3 aromatic rings. The number of aryl methyl sites for hydroxylation is 1. The number of primary amides is 1. The van der Waals surface area contributed by atoms with Crippen molar-refractivity contribution in [3.05, 3.63) is 75.1 Å². The monoisotopic (exact) mass is 695 g/mol. The average molecular weight is 696 g/mol. The first-order valence-electron chi connectivity index (χ1n) is 12.7. The number of nitrogens with one attached hydrogen (secondary N) is 1. The zero-order valence-corrected chi connectivity index (χ0v) is 24.9. The summed E-state index contributed by atoms with van der Waals surface area (Å²) in [6, 6.07) is 12.4. The topological polar surface area (TPSA) is 226 Å². The van der Waals surface area contributed by atoms with Crippen molar-refractivity contribution in [3.63, 3.8) is 0 Å². The zero-order valence-electron chi connectivity index (χ0n) is 24.1. The van der Waals surface area contributed by atoms with Gasteiger partial charge in [0.15, 0.2) is 0 Å². The molecule has 1 aliphatic rings. The zero-order chi connectivity index (χ0) is 36.1. The van der Waals surface area contributed by atoms with Crippen molar-refractivity contribution in [2.45, 2.75) is 32.2 Å². The van der Waals surface area contributed by atoms with Gasteiger partial charge in [-0.15, -0.1) is 11.3 Å². The number of nitrogens with two attached hydrogens (primary N) is 2. The van der Waals surface area contributed by atoms with Crippen LogP contribution in [0, 0.1) is 6.92 Å². The van der Waals surface area contributed by atoms with Gasteiger partial charge in [-0.3, -0.25) is 19.3 Å². The Kier molecular flexibility index (Phi) is 14.8. The van der Waals surface area contributed by atoms with Crippen LogP contribution in [0.5, 0.6) is 0 Å². The Morgan fingerprint density at radius 2 is 1.51 bits per heavy atom. The van der Waals surface area contributed by atoms with Crippen LogP contribution < -0.4 is 21.7 Å². The predicted molar refractivity (Wildman–Crippen MR) is 155 cm³/mol. The van der Waals surface area contributed by atoms with Crippen molar-refractivity contribution in [1.29, 1.82) is 0 Å². The Morgan fingerprint density at radius 3 is 1.96 bits per heavy atom. The first-order valence-corrected chi connectivity index (χ1v) is 13.6. The van der Waals surface area contributed by atoms with Crippen LogP contribution in [0.1, 0.15) is 36.9 Å². The molecule has 256 valence electrons. The minimum absolute atomic E-state index is 0.315. The molecule has 20 heteroatoms. The maximum atomic E-state index is 12.5. The van der Waals surface area contributed by atoms with Gasteiger partial charge in [0.2, 0.25) is 5.91 Å². The molecule has 0 aliphatic carbocycles. The quantitative estimate of drug-likeness (QED) is 0.204. The van der Waals surface area contributed by atoms with Gasteiger partial charge in [-0.1, -0.05) is 18.2 Å². The molecule has 8 N–H and O–H groups in total.